The highest BCUT2D eigenvalue weighted by Crippen LogP contribution is 2.34. The van der Waals surface area contributed by atoms with Gasteiger partial charge in [0.05, 0.1) is 11.4 Å². The van der Waals surface area contributed by atoms with Gasteiger partial charge in [-0.05, 0) is 18.2 Å². The second-order valence-electron chi connectivity index (χ2n) is 5.83. The van der Waals surface area contributed by atoms with Gasteiger partial charge in [0.25, 0.3) is 5.91 Å². The number of hydrogen-bond acceptors (Lipinski definition) is 5. The molecule has 0 fully saturated rings. The van der Waals surface area contributed by atoms with Crippen LogP contribution in [0, 0.1) is 0 Å². The number of aromatic nitrogens is 1. The van der Waals surface area contributed by atoms with E-state index < -0.39 is 0 Å². The maximum atomic E-state index is 12.5. The molecular formula is C19H14ClN3O3S. The van der Waals surface area contributed by atoms with Gasteiger partial charge in [0.2, 0.25) is 5.91 Å². The van der Waals surface area contributed by atoms with Gasteiger partial charge in [-0.1, -0.05) is 41.9 Å². The van der Waals surface area contributed by atoms with Crippen molar-refractivity contribution in [1.82, 2.24) is 4.98 Å². The van der Waals surface area contributed by atoms with Crippen molar-refractivity contribution >= 4 is 45.6 Å². The van der Waals surface area contributed by atoms with Crippen LogP contribution in [0.15, 0.2) is 53.9 Å². The predicted molar refractivity (Wildman–Crippen MR) is 105 cm³/mol. The van der Waals surface area contributed by atoms with Gasteiger partial charge in [-0.3, -0.25) is 14.5 Å². The zero-order chi connectivity index (χ0) is 18.8. The van der Waals surface area contributed by atoms with E-state index in [1.165, 1.54) is 16.2 Å². The van der Waals surface area contributed by atoms with Crippen LogP contribution in [0.3, 0.4) is 0 Å². The summed E-state index contributed by atoms with van der Waals surface area (Å²) in [5.74, 6) is -0.124. The molecule has 4 rings (SSSR count). The highest BCUT2D eigenvalue weighted by molar-refractivity contribution is 7.14. The summed E-state index contributed by atoms with van der Waals surface area (Å²) in [6.07, 6.45) is 0. The van der Waals surface area contributed by atoms with Crippen LogP contribution in [0.4, 0.5) is 10.8 Å². The van der Waals surface area contributed by atoms with Crippen LogP contribution in [-0.4, -0.2) is 29.9 Å². The molecule has 1 aliphatic heterocycles. The summed E-state index contributed by atoms with van der Waals surface area (Å²) >= 11 is 7.35. The molecule has 2 heterocycles. The number of carbonyl (C=O) groups is 2. The summed E-state index contributed by atoms with van der Waals surface area (Å²) in [4.78, 5) is 30.5. The average Bonchev–Trinajstić information content (AvgIpc) is 3.13. The fourth-order valence-corrected chi connectivity index (χ4v) is 3.63. The van der Waals surface area contributed by atoms with Crippen molar-refractivity contribution in [2.24, 2.45) is 0 Å². The third kappa shape index (κ3) is 3.79. The molecule has 0 aliphatic carbocycles. The summed E-state index contributed by atoms with van der Waals surface area (Å²) in [7, 11) is 0. The van der Waals surface area contributed by atoms with E-state index in [9.17, 15) is 9.59 Å². The highest BCUT2D eigenvalue weighted by atomic mass is 35.5. The number of fused-ring (bicyclic) bond motifs is 1. The van der Waals surface area contributed by atoms with Gasteiger partial charge in [0, 0.05) is 16.0 Å². The van der Waals surface area contributed by atoms with Crippen molar-refractivity contribution in [3.8, 4) is 17.0 Å². The number of ether oxygens (including phenoxy) is 1. The Morgan fingerprint density at radius 2 is 2.07 bits per heavy atom. The number of carbonyl (C=O) groups excluding carboxylic acids is 2. The number of rotatable bonds is 4. The van der Waals surface area contributed by atoms with Gasteiger partial charge >= 0.3 is 0 Å². The van der Waals surface area contributed by atoms with E-state index in [1.54, 1.807) is 18.2 Å². The lowest BCUT2D eigenvalue weighted by molar-refractivity contribution is -0.123. The Balaban J connectivity index is 1.48. The molecule has 2 amide bonds. The van der Waals surface area contributed by atoms with Crippen molar-refractivity contribution in [1.29, 1.82) is 0 Å². The van der Waals surface area contributed by atoms with Crippen LogP contribution in [-0.2, 0) is 9.59 Å². The predicted octanol–water partition coefficient (Wildman–Crippen LogP) is 3.83. The van der Waals surface area contributed by atoms with E-state index in [0.717, 1.165) is 11.3 Å². The van der Waals surface area contributed by atoms with Crippen molar-refractivity contribution in [3.05, 3.63) is 58.9 Å². The minimum Gasteiger partial charge on any atom is -0.482 e. The van der Waals surface area contributed by atoms with E-state index in [-0.39, 0.29) is 25.0 Å². The standard InChI is InChI=1S/C19H14ClN3O3S/c20-13-6-7-16-15(8-13)23(18(25)10-26-16)9-17(24)22-19-21-14(11-27-19)12-4-2-1-3-5-12/h1-8,11H,9-10H2,(H,21,22,24). The number of thiazole rings is 1. The summed E-state index contributed by atoms with van der Waals surface area (Å²) in [5.41, 5.74) is 2.25. The summed E-state index contributed by atoms with van der Waals surface area (Å²) < 4.78 is 5.38. The molecule has 136 valence electrons. The molecule has 3 aromatic rings. The molecule has 0 saturated heterocycles. The molecule has 27 heavy (non-hydrogen) atoms. The lowest BCUT2D eigenvalue weighted by atomic mass is 10.2. The lowest BCUT2D eigenvalue weighted by Gasteiger charge is -2.28. The second kappa shape index (κ2) is 7.38. The molecule has 0 radical (unpaired) electrons. The van der Waals surface area contributed by atoms with E-state index in [2.05, 4.69) is 10.3 Å². The molecule has 1 aliphatic rings. The third-order valence-corrected chi connectivity index (χ3v) is 4.98. The van der Waals surface area contributed by atoms with Crippen molar-refractivity contribution < 1.29 is 14.3 Å². The van der Waals surface area contributed by atoms with E-state index >= 15 is 0 Å². The quantitative estimate of drug-likeness (QED) is 0.723. The number of nitrogens with zero attached hydrogens (tertiary/aromatic N) is 2. The Morgan fingerprint density at radius 3 is 2.89 bits per heavy atom. The molecule has 0 atom stereocenters. The first-order valence-electron chi connectivity index (χ1n) is 8.14. The normalized spacial score (nSPS) is 13.1. The molecule has 6 nitrogen and oxygen atoms in total. The van der Waals surface area contributed by atoms with Crippen LogP contribution in [0.25, 0.3) is 11.3 Å². The molecule has 1 aromatic heterocycles. The Morgan fingerprint density at radius 1 is 1.26 bits per heavy atom. The van der Waals surface area contributed by atoms with Crippen LogP contribution in [0.5, 0.6) is 5.75 Å². The number of hydrogen-bond donors (Lipinski definition) is 1. The maximum absolute atomic E-state index is 12.5. The SMILES string of the molecule is O=C(CN1C(=O)COc2ccc(Cl)cc21)Nc1nc(-c2ccccc2)cs1. The second-order valence-corrected chi connectivity index (χ2v) is 7.13. The highest BCUT2D eigenvalue weighted by Gasteiger charge is 2.27. The van der Waals surface area contributed by atoms with Gasteiger partial charge in [-0.15, -0.1) is 11.3 Å². The third-order valence-electron chi connectivity index (χ3n) is 3.99. The molecule has 1 N–H and O–H groups in total. The first kappa shape index (κ1) is 17.5. The Kier molecular flexibility index (Phi) is 4.79. The van der Waals surface area contributed by atoms with Gasteiger partial charge in [-0.2, -0.15) is 0 Å². The average molecular weight is 400 g/mol. The Bertz CT molecular complexity index is 1010. The number of benzene rings is 2. The van der Waals surface area contributed by atoms with Gasteiger partial charge < -0.3 is 10.1 Å². The fourth-order valence-electron chi connectivity index (χ4n) is 2.72. The van der Waals surface area contributed by atoms with E-state index in [4.69, 9.17) is 16.3 Å². The van der Waals surface area contributed by atoms with E-state index in [0.29, 0.717) is 21.6 Å². The topological polar surface area (TPSA) is 71.5 Å². The molecule has 0 bridgehead atoms. The largest absolute Gasteiger partial charge is 0.482 e. The summed E-state index contributed by atoms with van der Waals surface area (Å²) in [5, 5.41) is 5.56. The van der Waals surface area contributed by atoms with E-state index in [1.807, 2.05) is 35.7 Å². The van der Waals surface area contributed by atoms with Crippen LogP contribution < -0.4 is 15.0 Å². The van der Waals surface area contributed by atoms with Crippen molar-refractivity contribution in [2.45, 2.75) is 0 Å². The lowest BCUT2D eigenvalue weighted by Crippen LogP contribution is -2.43. The summed E-state index contributed by atoms with van der Waals surface area (Å²) in [6, 6.07) is 14.7. The van der Waals surface area contributed by atoms with Crippen LogP contribution in [0.1, 0.15) is 0 Å². The van der Waals surface area contributed by atoms with Crippen molar-refractivity contribution in [2.75, 3.05) is 23.4 Å². The molecule has 8 heteroatoms. The summed E-state index contributed by atoms with van der Waals surface area (Å²) in [6.45, 7) is -0.257. The molecule has 0 spiro atoms. The monoisotopic (exact) mass is 399 g/mol. The zero-order valence-electron chi connectivity index (χ0n) is 14.0. The first-order chi connectivity index (χ1) is 13.1. The minimum atomic E-state index is -0.342. The van der Waals surface area contributed by atoms with Gasteiger partial charge in [-0.25, -0.2) is 4.98 Å². The van der Waals surface area contributed by atoms with Crippen molar-refractivity contribution in [3.63, 3.8) is 0 Å². The fraction of sp³-hybridized carbons (Fsp3) is 0.105. The van der Waals surface area contributed by atoms with Gasteiger partial charge in [0.1, 0.15) is 12.3 Å². The zero-order valence-corrected chi connectivity index (χ0v) is 15.6. The smallest absolute Gasteiger partial charge is 0.265 e. The van der Waals surface area contributed by atoms with Crippen LogP contribution >= 0.6 is 22.9 Å². The van der Waals surface area contributed by atoms with Gasteiger partial charge in [0.15, 0.2) is 11.7 Å². The first-order valence-corrected chi connectivity index (χ1v) is 9.39. The molecular weight excluding hydrogens is 386 g/mol. The minimum absolute atomic E-state index is 0.114. The maximum Gasteiger partial charge on any atom is 0.265 e. The van der Waals surface area contributed by atoms with Crippen LogP contribution in [0.2, 0.25) is 5.02 Å². The number of nitrogens with one attached hydrogen (secondary N) is 1. The number of anilines is 2. The molecule has 0 saturated carbocycles. The number of amides is 2. The number of halogens is 1. The Labute approximate surface area is 164 Å². The molecule has 0 unspecified atom stereocenters. The molecule has 2 aromatic carbocycles. The Hall–Kier alpha value is -2.90.